The Morgan fingerprint density at radius 1 is 0.532 bits per heavy atom. The van der Waals surface area contributed by atoms with Gasteiger partial charge < -0.3 is 19.3 Å². The largest absolute Gasteiger partial charge is 0.469 e. The van der Waals surface area contributed by atoms with Gasteiger partial charge in [-0.3, -0.25) is 14.1 Å². The quantitative estimate of drug-likeness (QED) is 0.0289. The molecular formula is C38H73O8P. The first-order valence-electron chi connectivity index (χ1n) is 19.5. The summed E-state index contributed by atoms with van der Waals surface area (Å²) in [4.78, 5) is 42.6. The number of carbonyl (C=O) groups is 2. The number of rotatable bonds is 36. The van der Waals surface area contributed by atoms with Crippen LogP contribution in [0.1, 0.15) is 200 Å². The standard InChI is InChI=1S/C38H73O8P/c1-3-5-7-9-11-13-15-16-17-18-19-20-21-22-23-25-26-28-30-32-37(39)44-34-36(35-45-47(41,42)43)46-38(40)33-31-29-27-24-14-12-10-8-6-4-2/h18-19,36H,3-17,20-35H2,1-2H3,(H2,41,42,43)/b19-18-/t36-/m1/s1. The minimum Gasteiger partial charge on any atom is -0.462 e. The molecule has 0 aliphatic heterocycles. The highest BCUT2D eigenvalue weighted by Gasteiger charge is 2.22. The van der Waals surface area contributed by atoms with Gasteiger partial charge in [-0.2, -0.15) is 0 Å². The summed E-state index contributed by atoms with van der Waals surface area (Å²) < 4.78 is 26.3. The minimum absolute atomic E-state index is 0.215. The lowest BCUT2D eigenvalue weighted by atomic mass is 10.1. The van der Waals surface area contributed by atoms with Crippen LogP contribution in [-0.2, 0) is 28.2 Å². The van der Waals surface area contributed by atoms with Gasteiger partial charge in [0.25, 0.3) is 0 Å². The maximum Gasteiger partial charge on any atom is 0.469 e. The predicted molar refractivity (Wildman–Crippen MR) is 193 cm³/mol. The van der Waals surface area contributed by atoms with Crippen molar-refractivity contribution in [2.45, 2.75) is 206 Å². The highest BCUT2D eigenvalue weighted by atomic mass is 31.2. The molecule has 47 heavy (non-hydrogen) atoms. The Labute approximate surface area is 288 Å². The summed E-state index contributed by atoms with van der Waals surface area (Å²) in [6, 6.07) is 0. The van der Waals surface area contributed by atoms with Gasteiger partial charge in [0.2, 0.25) is 0 Å². The number of ether oxygens (including phenoxy) is 2. The van der Waals surface area contributed by atoms with Crippen LogP contribution in [0.15, 0.2) is 12.2 Å². The van der Waals surface area contributed by atoms with Gasteiger partial charge in [-0.1, -0.05) is 161 Å². The van der Waals surface area contributed by atoms with Gasteiger partial charge >= 0.3 is 19.8 Å². The molecule has 0 aromatic carbocycles. The van der Waals surface area contributed by atoms with Gasteiger partial charge in [0.1, 0.15) is 6.61 Å². The zero-order valence-corrected chi connectivity index (χ0v) is 31.3. The zero-order valence-electron chi connectivity index (χ0n) is 30.4. The van der Waals surface area contributed by atoms with E-state index < -0.39 is 32.5 Å². The monoisotopic (exact) mass is 689 g/mol. The van der Waals surface area contributed by atoms with E-state index in [2.05, 4.69) is 30.5 Å². The molecule has 8 nitrogen and oxygen atoms in total. The summed E-state index contributed by atoms with van der Waals surface area (Å²) in [6.07, 6.45) is 36.5. The average Bonchev–Trinajstić information content (AvgIpc) is 3.04. The Morgan fingerprint density at radius 3 is 1.30 bits per heavy atom. The fourth-order valence-corrected chi connectivity index (χ4v) is 5.96. The summed E-state index contributed by atoms with van der Waals surface area (Å²) >= 11 is 0. The number of phosphoric ester groups is 1. The number of phosphoric acid groups is 1. The Bertz CT molecular complexity index is 782. The second-order valence-electron chi connectivity index (χ2n) is 13.3. The third kappa shape index (κ3) is 37.5. The number of hydrogen-bond acceptors (Lipinski definition) is 6. The van der Waals surface area contributed by atoms with E-state index in [1.807, 2.05) is 0 Å². The van der Waals surface area contributed by atoms with Crippen LogP contribution in [0, 0.1) is 0 Å². The zero-order chi connectivity index (χ0) is 34.7. The van der Waals surface area contributed by atoms with E-state index in [-0.39, 0.29) is 19.4 Å². The average molecular weight is 689 g/mol. The first-order chi connectivity index (χ1) is 22.8. The van der Waals surface area contributed by atoms with Crippen LogP contribution in [0.3, 0.4) is 0 Å². The van der Waals surface area contributed by atoms with Crippen molar-refractivity contribution < 1.29 is 37.9 Å². The van der Waals surface area contributed by atoms with Crippen LogP contribution >= 0.6 is 7.82 Å². The number of carbonyl (C=O) groups excluding carboxylic acids is 2. The number of esters is 2. The van der Waals surface area contributed by atoms with Gasteiger partial charge in [-0.25, -0.2) is 4.57 Å². The molecule has 9 heteroatoms. The molecule has 0 heterocycles. The van der Waals surface area contributed by atoms with Crippen molar-refractivity contribution in [3.63, 3.8) is 0 Å². The molecule has 0 aromatic heterocycles. The lowest BCUT2D eigenvalue weighted by Crippen LogP contribution is -2.29. The topological polar surface area (TPSA) is 119 Å². The molecule has 0 amide bonds. The van der Waals surface area contributed by atoms with Crippen molar-refractivity contribution in [1.29, 1.82) is 0 Å². The van der Waals surface area contributed by atoms with Crippen molar-refractivity contribution in [3.8, 4) is 0 Å². The van der Waals surface area contributed by atoms with Crippen LogP contribution in [0.2, 0.25) is 0 Å². The molecular weight excluding hydrogens is 615 g/mol. The van der Waals surface area contributed by atoms with Crippen molar-refractivity contribution >= 4 is 19.8 Å². The SMILES string of the molecule is CCCCCCCCCC/C=C\CCCCCCCCCC(=O)OC[C@H](COP(=O)(O)O)OC(=O)CCCCCCCCCCCC. The van der Waals surface area contributed by atoms with Gasteiger partial charge in [-0.15, -0.1) is 0 Å². The maximum atomic E-state index is 12.3. The third-order valence-corrected chi connectivity index (χ3v) is 9.02. The van der Waals surface area contributed by atoms with E-state index in [0.717, 1.165) is 51.4 Å². The summed E-state index contributed by atoms with van der Waals surface area (Å²) in [5.74, 6) is -0.884. The van der Waals surface area contributed by atoms with Crippen LogP contribution in [-0.4, -0.2) is 41.0 Å². The minimum atomic E-state index is -4.74. The molecule has 0 aliphatic carbocycles. The summed E-state index contributed by atoms with van der Waals surface area (Å²) in [6.45, 7) is 3.67. The van der Waals surface area contributed by atoms with Gasteiger partial charge in [0.05, 0.1) is 6.61 Å². The maximum absolute atomic E-state index is 12.3. The number of allylic oxidation sites excluding steroid dienone is 2. The van der Waals surface area contributed by atoms with Crippen molar-refractivity contribution in [1.82, 2.24) is 0 Å². The smallest absolute Gasteiger partial charge is 0.462 e. The summed E-state index contributed by atoms with van der Waals surface area (Å²) in [7, 11) is -4.74. The van der Waals surface area contributed by atoms with Gasteiger partial charge in [0.15, 0.2) is 6.10 Å². The first-order valence-corrected chi connectivity index (χ1v) is 21.0. The van der Waals surface area contributed by atoms with E-state index in [0.29, 0.717) is 6.42 Å². The van der Waals surface area contributed by atoms with Crippen LogP contribution < -0.4 is 0 Å². The van der Waals surface area contributed by atoms with Crippen LogP contribution in [0.4, 0.5) is 0 Å². The van der Waals surface area contributed by atoms with Gasteiger partial charge in [0, 0.05) is 12.8 Å². The van der Waals surface area contributed by atoms with E-state index in [1.54, 1.807) is 0 Å². The van der Waals surface area contributed by atoms with Gasteiger partial charge in [-0.05, 0) is 38.5 Å². The molecule has 0 saturated heterocycles. The predicted octanol–water partition coefficient (Wildman–Crippen LogP) is 11.5. The summed E-state index contributed by atoms with van der Waals surface area (Å²) in [5.41, 5.74) is 0. The van der Waals surface area contributed by atoms with E-state index in [1.165, 1.54) is 116 Å². The fourth-order valence-electron chi connectivity index (χ4n) is 5.60. The summed E-state index contributed by atoms with van der Waals surface area (Å²) in [5, 5.41) is 0. The molecule has 0 aromatic rings. The number of unbranched alkanes of at least 4 members (excludes halogenated alkanes) is 24. The molecule has 0 unspecified atom stereocenters. The molecule has 0 fully saturated rings. The molecule has 0 spiro atoms. The van der Waals surface area contributed by atoms with Crippen molar-refractivity contribution in [3.05, 3.63) is 12.2 Å². The first kappa shape index (κ1) is 45.8. The molecule has 0 radical (unpaired) electrons. The second-order valence-corrected chi connectivity index (χ2v) is 14.5. The Kier molecular flexibility index (Phi) is 33.8. The third-order valence-electron chi connectivity index (χ3n) is 8.53. The molecule has 0 aliphatic rings. The lowest BCUT2D eigenvalue weighted by molar-refractivity contribution is -0.161. The van der Waals surface area contributed by atoms with Crippen LogP contribution in [0.25, 0.3) is 0 Å². The number of hydrogen-bond donors (Lipinski definition) is 2. The Hall–Kier alpha value is -1.21. The Balaban J connectivity index is 3.87. The van der Waals surface area contributed by atoms with Crippen molar-refractivity contribution in [2.24, 2.45) is 0 Å². The molecule has 0 rings (SSSR count). The second kappa shape index (κ2) is 34.6. The highest BCUT2D eigenvalue weighted by molar-refractivity contribution is 7.46. The van der Waals surface area contributed by atoms with E-state index >= 15 is 0 Å². The fraction of sp³-hybridized carbons (Fsp3) is 0.895. The molecule has 0 saturated carbocycles. The molecule has 278 valence electrons. The Morgan fingerprint density at radius 2 is 0.894 bits per heavy atom. The van der Waals surface area contributed by atoms with E-state index in [9.17, 15) is 14.2 Å². The van der Waals surface area contributed by atoms with Crippen molar-refractivity contribution in [2.75, 3.05) is 13.2 Å². The molecule has 1 atom stereocenters. The van der Waals surface area contributed by atoms with Crippen LogP contribution in [0.5, 0.6) is 0 Å². The molecule has 2 N–H and O–H groups in total. The normalized spacial score (nSPS) is 12.5. The van der Waals surface area contributed by atoms with E-state index in [4.69, 9.17) is 19.3 Å². The highest BCUT2D eigenvalue weighted by Crippen LogP contribution is 2.36. The lowest BCUT2D eigenvalue weighted by Gasteiger charge is -2.18. The molecule has 0 bridgehead atoms.